The van der Waals surface area contributed by atoms with Gasteiger partial charge in [0, 0.05) is 35.7 Å². The molecule has 0 radical (unpaired) electrons. The smallest absolute Gasteiger partial charge is 0.405 e. The Balaban J connectivity index is 1.89. The summed E-state index contributed by atoms with van der Waals surface area (Å²) in [4.78, 5) is 18.0. The molecule has 0 saturated carbocycles. The summed E-state index contributed by atoms with van der Waals surface area (Å²) >= 11 is 0. The van der Waals surface area contributed by atoms with Gasteiger partial charge in [-0.1, -0.05) is 0 Å². The van der Waals surface area contributed by atoms with Crippen molar-refractivity contribution >= 4 is 47.2 Å². The van der Waals surface area contributed by atoms with Gasteiger partial charge in [0.25, 0.3) is 0 Å². The van der Waals surface area contributed by atoms with E-state index in [1.165, 1.54) is 0 Å². The van der Waals surface area contributed by atoms with Gasteiger partial charge < -0.3 is 18.6 Å². The van der Waals surface area contributed by atoms with E-state index in [1.807, 2.05) is 0 Å². The first-order chi connectivity index (χ1) is 11.9. The Morgan fingerprint density at radius 2 is 0.833 bits per heavy atom. The Kier molecular flexibility index (Phi) is 3.41. The van der Waals surface area contributed by atoms with Crippen LogP contribution in [-0.2, 0) is 18.6 Å². The average Bonchev–Trinajstić information content (AvgIpc) is 3.33. The molecule has 2 aliphatic rings. The first-order valence-electron chi connectivity index (χ1n) is 7.77. The van der Waals surface area contributed by atoms with Crippen LogP contribution in [-0.4, -0.2) is 60.6 Å². The molecular formula is C14H12B2N4O4. The molecule has 3 aromatic rings. The Morgan fingerprint density at radius 1 is 0.542 bits per heavy atom. The van der Waals surface area contributed by atoms with Crippen molar-refractivity contribution in [2.75, 3.05) is 26.4 Å². The molecule has 24 heavy (non-hydrogen) atoms. The largest absolute Gasteiger partial charge is 0.498 e. The van der Waals surface area contributed by atoms with Gasteiger partial charge in [-0.2, -0.15) is 0 Å². The van der Waals surface area contributed by atoms with Crippen LogP contribution in [0.3, 0.4) is 0 Å². The van der Waals surface area contributed by atoms with Crippen molar-refractivity contribution in [2.45, 2.75) is 0 Å². The molecule has 1 aromatic carbocycles. The fourth-order valence-electron chi connectivity index (χ4n) is 3.19. The van der Waals surface area contributed by atoms with Crippen molar-refractivity contribution in [2.24, 2.45) is 0 Å². The lowest BCUT2D eigenvalue weighted by atomic mass is 9.71. The van der Waals surface area contributed by atoms with Gasteiger partial charge >= 0.3 is 14.2 Å². The van der Waals surface area contributed by atoms with E-state index in [4.69, 9.17) is 18.6 Å². The maximum Gasteiger partial charge on any atom is 0.498 e. The monoisotopic (exact) mass is 322 g/mol. The maximum atomic E-state index is 5.70. The van der Waals surface area contributed by atoms with Crippen LogP contribution in [0.4, 0.5) is 0 Å². The third kappa shape index (κ3) is 2.11. The van der Waals surface area contributed by atoms with Crippen LogP contribution in [0.15, 0.2) is 24.8 Å². The number of hydrogen-bond acceptors (Lipinski definition) is 8. The van der Waals surface area contributed by atoms with Gasteiger partial charge in [0.15, 0.2) is 0 Å². The Labute approximate surface area is 137 Å². The standard InChI is InChI=1S/C14H12B2N4O4/c1-2-18-12-10(16-23-7-8-24-16)14-13(19-3-4-20-14)9(11(12)17-1)15-21-5-6-22-15/h1-4H,5-8H2. The van der Waals surface area contributed by atoms with Crippen LogP contribution in [0, 0.1) is 0 Å². The van der Waals surface area contributed by atoms with E-state index >= 15 is 0 Å². The van der Waals surface area contributed by atoms with Crippen molar-refractivity contribution < 1.29 is 18.6 Å². The molecule has 0 unspecified atom stereocenters. The summed E-state index contributed by atoms with van der Waals surface area (Å²) in [6.07, 6.45) is 6.57. The van der Waals surface area contributed by atoms with Gasteiger partial charge in [0.2, 0.25) is 0 Å². The van der Waals surface area contributed by atoms with Crippen LogP contribution in [0.5, 0.6) is 0 Å². The van der Waals surface area contributed by atoms with Crippen LogP contribution in [0.25, 0.3) is 22.1 Å². The molecule has 4 heterocycles. The van der Waals surface area contributed by atoms with E-state index in [-0.39, 0.29) is 0 Å². The summed E-state index contributed by atoms with van der Waals surface area (Å²) < 4.78 is 22.8. The van der Waals surface area contributed by atoms with Crippen LogP contribution in [0.2, 0.25) is 0 Å². The number of aromatic nitrogens is 4. The molecule has 0 amide bonds. The van der Waals surface area contributed by atoms with Crippen molar-refractivity contribution in [1.29, 1.82) is 0 Å². The Morgan fingerprint density at radius 3 is 1.12 bits per heavy atom. The molecule has 5 rings (SSSR count). The van der Waals surface area contributed by atoms with Gasteiger partial charge in [-0.05, 0) is 0 Å². The second kappa shape index (κ2) is 5.75. The fourth-order valence-corrected chi connectivity index (χ4v) is 3.19. The van der Waals surface area contributed by atoms with Gasteiger partial charge in [0.05, 0.1) is 48.5 Å². The van der Waals surface area contributed by atoms with Gasteiger partial charge in [-0.15, -0.1) is 0 Å². The van der Waals surface area contributed by atoms with Crippen molar-refractivity contribution in [3.05, 3.63) is 24.8 Å². The zero-order chi connectivity index (χ0) is 15.9. The van der Waals surface area contributed by atoms with E-state index in [1.54, 1.807) is 24.8 Å². The van der Waals surface area contributed by atoms with Crippen molar-refractivity contribution in [3.63, 3.8) is 0 Å². The second-order valence-electron chi connectivity index (χ2n) is 5.48. The van der Waals surface area contributed by atoms with Crippen LogP contribution < -0.4 is 10.9 Å². The Hall–Kier alpha value is -2.13. The zero-order valence-electron chi connectivity index (χ0n) is 12.7. The highest BCUT2D eigenvalue weighted by atomic mass is 16.6. The van der Waals surface area contributed by atoms with E-state index in [0.717, 1.165) is 10.9 Å². The first-order valence-corrected chi connectivity index (χ1v) is 7.77. The van der Waals surface area contributed by atoms with E-state index in [2.05, 4.69) is 19.9 Å². The summed E-state index contributed by atoms with van der Waals surface area (Å²) in [5.74, 6) is 0. The molecular weight excluding hydrogens is 310 g/mol. The number of nitrogens with zero attached hydrogens (tertiary/aromatic N) is 4. The third-order valence-electron chi connectivity index (χ3n) is 4.13. The first kappa shape index (κ1) is 14.2. The lowest BCUT2D eigenvalue weighted by molar-refractivity contribution is 0.365. The lowest BCUT2D eigenvalue weighted by Crippen LogP contribution is -2.40. The summed E-state index contributed by atoms with van der Waals surface area (Å²) in [5, 5.41) is 0. The predicted octanol–water partition coefficient (Wildman–Crippen LogP) is -0.943. The van der Waals surface area contributed by atoms with Gasteiger partial charge in [-0.25, -0.2) is 0 Å². The SMILES string of the molecule is c1cnc2c(B3OCCO3)c3nccnc3c(B3OCCO3)c2n1. The highest BCUT2D eigenvalue weighted by Gasteiger charge is 2.38. The molecule has 8 nitrogen and oxygen atoms in total. The van der Waals surface area contributed by atoms with E-state index in [0.29, 0.717) is 48.5 Å². The minimum absolute atomic E-state index is 0.525. The molecule has 0 spiro atoms. The molecule has 2 aliphatic heterocycles. The molecule has 0 atom stereocenters. The summed E-state index contributed by atoms with van der Waals surface area (Å²) in [6, 6.07) is 0. The molecule has 0 N–H and O–H groups in total. The molecule has 2 saturated heterocycles. The predicted molar refractivity (Wildman–Crippen MR) is 87.2 cm³/mol. The number of hydrogen-bond donors (Lipinski definition) is 0. The van der Waals surface area contributed by atoms with Crippen molar-refractivity contribution in [3.8, 4) is 0 Å². The zero-order valence-corrected chi connectivity index (χ0v) is 12.7. The quantitative estimate of drug-likeness (QED) is 0.441. The summed E-state index contributed by atoms with van der Waals surface area (Å²) in [6.45, 7) is 2.13. The highest BCUT2D eigenvalue weighted by Crippen LogP contribution is 2.18. The van der Waals surface area contributed by atoms with Crippen molar-refractivity contribution in [1.82, 2.24) is 19.9 Å². The van der Waals surface area contributed by atoms with Gasteiger partial charge in [0.1, 0.15) is 0 Å². The number of fused-ring (bicyclic) bond motifs is 2. The summed E-state index contributed by atoms with van der Waals surface area (Å²) in [7, 11) is -1.05. The highest BCUT2D eigenvalue weighted by molar-refractivity contribution is 6.72. The normalized spacial score (nSPS) is 18.2. The van der Waals surface area contributed by atoms with Gasteiger partial charge in [-0.3, -0.25) is 19.9 Å². The minimum atomic E-state index is -0.525. The summed E-state index contributed by atoms with van der Waals surface area (Å²) in [5.41, 5.74) is 4.19. The lowest BCUT2D eigenvalue weighted by Gasteiger charge is -2.15. The third-order valence-corrected chi connectivity index (χ3v) is 4.13. The molecule has 0 bridgehead atoms. The number of benzene rings is 1. The second-order valence-corrected chi connectivity index (χ2v) is 5.48. The van der Waals surface area contributed by atoms with E-state index in [9.17, 15) is 0 Å². The maximum absolute atomic E-state index is 5.70. The van der Waals surface area contributed by atoms with E-state index < -0.39 is 14.2 Å². The molecule has 0 aliphatic carbocycles. The minimum Gasteiger partial charge on any atom is -0.405 e. The molecule has 118 valence electrons. The molecule has 2 aromatic heterocycles. The molecule has 10 heteroatoms. The van der Waals surface area contributed by atoms with Crippen LogP contribution in [0.1, 0.15) is 0 Å². The fraction of sp³-hybridized carbons (Fsp3) is 0.286. The topological polar surface area (TPSA) is 88.5 Å². The molecule has 2 fully saturated rings. The average molecular weight is 322 g/mol. The van der Waals surface area contributed by atoms with Crippen LogP contribution >= 0.6 is 0 Å². The number of rotatable bonds is 2. The Bertz CT molecular complexity index is 785.